The van der Waals surface area contributed by atoms with Gasteiger partial charge in [-0.05, 0) is 57.0 Å². The highest BCUT2D eigenvalue weighted by molar-refractivity contribution is 7.99. The summed E-state index contributed by atoms with van der Waals surface area (Å²) in [5.74, 6) is -1.45. The quantitative estimate of drug-likeness (QED) is 0.348. The zero-order chi connectivity index (χ0) is 26.5. The molecule has 0 radical (unpaired) electrons. The molecule has 194 valence electrons. The average Bonchev–Trinajstić information content (AvgIpc) is 2.91. The number of anilines is 1. The van der Waals surface area contributed by atoms with Crippen molar-refractivity contribution >= 4 is 46.8 Å². The maximum absolute atomic E-state index is 15.0. The highest BCUT2D eigenvalue weighted by atomic mass is 35.5. The van der Waals surface area contributed by atoms with Crippen LogP contribution in [-0.2, 0) is 20.8 Å². The zero-order valence-corrected chi connectivity index (χ0v) is 22.3. The highest BCUT2D eigenvalue weighted by Crippen LogP contribution is 2.37. The van der Waals surface area contributed by atoms with Crippen LogP contribution in [0.4, 0.5) is 14.9 Å². The Hall–Kier alpha value is -2.62. The van der Waals surface area contributed by atoms with Crippen LogP contribution >= 0.6 is 23.4 Å². The van der Waals surface area contributed by atoms with Gasteiger partial charge in [-0.3, -0.25) is 9.59 Å². The number of carbonyl (C=O) groups excluding carboxylic acids is 3. The van der Waals surface area contributed by atoms with E-state index in [1.165, 1.54) is 28.8 Å². The van der Waals surface area contributed by atoms with E-state index in [-0.39, 0.29) is 24.5 Å². The maximum Gasteiger partial charge on any atom is 0.408 e. The molecule has 0 fully saturated rings. The van der Waals surface area contributed by atoms with Gasteiger partial charge in [-0.25, -0.2) is 9.18 Å². The number of amides is 2. The second kappa shape index (κ2) is 12.1. The van der Waals surface area contributed by atoms with E-state index >= 15 is 0 Å². The topological polar surface area (TPSA) is 84.9 Å². The third-order valence-electron chi connectivity index (χ3n) is 5.14. The van der Waals surface area contributed by atoms with E-state index in [4.69, 9.17) is 21.1 Å². The molecule has 7 nitrogen and oxygen atoms in total. The Morgan fingerprint density at radius 2 is 1.92 bits per heavy atom. The lowest BCUT2D eigenvalue weighted by atomic mass is 10.1. The van der Waals surface area contributed by atoms with Crippen molar-refractivity contribution in [2.24, 2.45) is 0 Å². The molecular formula is C26H30ClFN2O5S. The van der Waals surface area contributed by atoms with Gasteiger partial charge in [0, 0.05) is 22.3 Å². The van der Waals surface area contributed by atoms with Crippen molar-refractivity contribution in [2.75, 3.05) is 23.9 Å². The predicted molar refractivity (Wildman–Crippen MR) is 138 cm³/mol. The number of rotatable bonds is 8. The fourth-order valence-corrected chi connectivity index (χ4v) is 4.71. The summed E-state index contributed by atoms with van der Waals surface area (Å²) < 4.78 is 25.6. The standard InChI is InChI=1S/C26H30ClFN2O5S/c1-5-10-34-14-22(31)18-11-21-23(12-19(18)28)36-15-20(29-25(33)35-26(2,3)4)24(32)30(21)13-16-6-8-17(27)9-7-16/h6-9,11-12,20H,5,10,13-15H2,1-4H3,(H,29,33)/t20-/m0/s1. The van der Waals surface area contributed by atoms with Gasteiger partial charge in [0.05, 0.1) is 17.8 Å². The molecule has 0 unspecified atom stereocenters. The van der Waals surface area contributed by atoms with E-state index in [0.29, 0.717) is 22.2 Å². The number of hydrogen-bond donors (Lipinski definition) is 1. The lowest BCUT2D eigenvalue weighted by Gasteiger charge is -2.27. The van der Waals surface area contributed by atoms with Crippen LogP contribution in [0, 0.1) is 5.82 Å². The number of alkyl carbamates (subject to hydrolysis) is 1. The van der Waals surface area contributed by atoms with E-state index in [2.05, 4.69) is 5.32 Å². The van der Waals surface area contributed by atoms with Gasteiger partial charge in [-0.15, -0.1) is 11.8 Å². The Bertz CT molecular complexity index is 1120. The molecule has 0 aliphatic carbocycles. The molecule has 1 aliphatic heterocycles. The van der Waals surface area contributed by atoms with E-state index in [0.717, 1.165) is 12.0 Å². The number of thioether (sulfide) groups is 1. The summed E-state index contributed by atoms with van der Waals surface area (Å²) in [6, 6.07) is 8.67. The summed E-state index contributed by atoms with van der Waals surface area (Å²) in [4.78, 5) is 40.7. The number of hydrogen-bond acceptors (Lipinski definition) is 6. The number of nitrogens with zero attached hydrogens (tertiary/aromatic N) is 1. The molecule has 10 heteroatoms. The minimum Gasteiger partial charge on any atom is -0.444 e. The number of fused-ring (bicyclic) bond motifs is 1. The van der Waals surface area contributed by atoms with Crippen LogP contribution in [0.5, 0.6) is 0 Å². The van der Waals surface area contributed by atoms with Gasteiger partial charge in [0.1, 0.15) is 24.1 Å². The molecule has 0 saturated carbocycles. The Labute approximate surface area is 219 Å². The summed E-state index contributed by atoms with van der Waals surface area (Å²) in [7, 11) is 0. The van der Waals surface area contributed by atoms with Gasteiger partial charge in [0.15, 0.2) is 5.78 Å². The Morgan fingerprint density at radius 1 is 1.22 bits per heavy atom. The number of ketones is 1. The van der Waals surface area contributed by atoms with Crippen molar-refractivity contribution in [1.29, 1.82) is 0 Å². The first-order valence-electron chi connectivity index (χ1n) is 11.6. The monoisotopic (exact) mass is 536 g/mol. The van der Waals surface area contributed by atoms with Gasteiger partial charge in [0.2, 0.25) is 0 Å². The highest BCUT2D eigenvalue weighted by Gasteiger charge is 2.34. The van der Waals surface area contributed by atoms with Crippen LogP contribution in [-0.4, -0.2) is 48.4 Å². The first kappa shape index (κ1) is 28.0. The summed E-state index contributed by atoms with van der Waals surface area (Å²) >= 11 is 7.23. The third-order valence-corrected chi connectivity index (χ3v) is 6.53. The van der Waals surface area contributed by atoms with E-state index < -0.39 is 35.2 Å². The summed E-state index contributed by atoms with van der Waals surface area (Å²) in [6.07, 6.45) is 0.000367. The van der Waals surface area contributed by atoms with Crippen LogP contribution in [0.3, 0.4) is 0 Å². The largest absolute Gasteiger partial charge is 0.444 e. The summed E-state index contributed by atoms with van der Waals surface area (Å²) in [5.41, 5.74) is 0.256. The minimum absolute atomic E-state index is 0.127. The van der Waals surface area contributed by atoms with Gasteiger partial charge in [-0.2, -0.15) is 0 Å². The van der Waals surface area contributed by atoms with Crippen LogP contribution in [0.25, 0.3) is 0 Å². The fraction of sp³-hybridized carbons (Fsp3) is 0.423. The predicted octanol–water partition coefficient (Wildman–Crippen LogP) is 5.62. The first-order chi connectivity index (χ1) is 17.0. The van der Waals surface area contributed by atoms with Crippen molar-refractivity contribution < 1.29 is 28.2 Å². The SMILES string of the molecule is CCCOCC(=O)c1cc2c(cc1F)SC[C@H](NC(=O)OC(C)(C)C)C(=O)N2Cc1ccc(Cl)cc1. The van der Waals surface area contributed by atoms with E-state index in [1.807, 2.05) is 6.92 Å². The second-order valence-corrected chi connectivity index (χ2v) is 10.8. The van der Waals surface area contributed by atoms with Crippen LogP contribution in [0.15, 0.2) is 41.3 Å². The molecule has 36 heavy (non-hydrogen) atoms. The van der Waals surface area contributed by atoms with Crippen molar-refractivity contribution in [3.8, 4) is 0 Å². The molecule has 0 spiro atoms. The molecule has 2 aromatic rings. The molecule has 1 N–H and O–H groups in total. The van der Waals surface area contributed by atoms with Gasteiger partial charge in [-0.1, -0.05) is 30.7 Å². The molecule has 2 amide bonds. The first-order valence-corrected chi connectivity index (χ1v) is 13.0. The Morgan fingerprint density at radius 3 is 2.56 bits per heavy atom. The lowest BCUT2D eigenvalue weighted by molar-refractivity contribution is -0.120. The van der Waals surface area contributed by atoms with Crippen LogP contribution in [0.1, 0.15) is 50.0 Å². The number of nitrogens with one attached hydrogen (secondary N) is 1. The Balaban J connectivity index is 1.97. The number of halogens is 2. The maximum atomic E-state index is 15.0. The van der Waals surface area contributed by atoms with Crippen LogP contribution in [0.2, 0.25) is 5.02 Å². The van der Waals surface area contributed by atoms with Crippen molar-refractivity contribution in [3.05, 3.63) is 58.4 Å². The molecule has 0 saturated heterocycles. The number of benzene rings is 2. The Kier molecular flexibility index (Phi) is 9.38. The number of carbonyl (C=O) groups is 3. The average molecular weight is 537 g/mol. The molecule has 1 atom stereocenters. The minimum atomic E-state index is -0.931. The smallest absolute Gasteiger partial charge is 0.408 e. The van der Waals surface area contributed by atoms with Gasteiger partial charge in [0.25, 0.3) is 5.91 Å². The van der Waals surface area contributed by atoms with E-state index in [9.17, 15) is 18.8 Å². The molecule has 2 aromatic carbocycles. The molecule has 3 rings (SSSR count). The molecular weight excluding hydrogens is 507 g/mol. The van der Waals surface area contributed by atoms with Crippen LogP contribution < -0.4 is 10.2 Å². The zero-order valence-electron chi connectivity index (χ0n) is 20.7. The third kappa shape index (κ3) is 7.44. The number of Topliss-reactive ketones (excluding diaryl/α,β-unsaturated/α-hetero) is 1. The van der Waals surface area contributed by atoms with Crippen molar-refractivity contribution in [1.82, 2.24) is 5.32 Å². The molecule has 0 bridgehead atoms. The molecule has 1 heterocycles. The summed E-state index contributed by atoms with van der Waals surface area (Å²) in [5, 5.41) is 3.18. The van der Waals surface area contributed by atoms with Crippen molar-refractivity contribution in [3.63, 3.8) is 0 Å². The number of ether oxygens (including phenoxy) is 2. The summed E-state index contributed by atoms with van der Waals surface area (Å²) in [6.45, 7) is 7.34. The normalized spacial score (nSPS) is 15.8. The van der Waals surface area contributed by atoms with Crippen molar-refractivity contribution in [2.45, 2.75) is 57.2 Å². The van der Waals surface area contributed by atoms with Gasteiger partial charge < -0.3 is 19.7 Å². The lowest BCUT2D eigenvalue weighted by Crippen LogP contribution is -2.50. The van der Waals surface area contributed by atoms with E-state index in [1.54, 1.807) is 45.0 Å². The van der Waals surface area contributed by atoms with Gasteiger partial charge >= 0.3 is 6.09 Å². The fourth-order valence-electron chi connectivity index (χ4n) is 3.51. The second-order valence-electron chi connectivity index (χ2n) is 9.34. The molecule has 0 aromatic heterocycles. The molecule has 1 aliphatic rings.